The van der Waals surface area contributed by atoms with Crippen molar-refractivity contribution in [2.45, 2.75) is 23.6 Å². The molecule has 17 heavy (non-hydrogen) atoms. The molecule has 88 valence electrons. The van der Waals surface area contributed by atoms with Crippen LogP contribution in [0.3, 0.4) is 0 Å². The van der Waals surface area contributed by atoms with Crippen LogP contribution in [0.15, 0.2) is 35.5 Å². The van der Waals surface area contributed by atoms with Crippen molar-refractivity contribution in [3.8, 4) is 0 Å². The summed E-state index contributed by atoms with van der Waals surface area (Å²) in [6.07, 6.45) is 1.67. The van der Waals surface area contributed by atoms with Crippen molar-refractivity contribution in [1.29, 1.82) is 0 Å². The van der Waals surface area contributed by atoms with E-state index in [2.05, 4.69) is 10.2 Å². The molecule has 2 rings (SSSR count). The van der Waals surface area contributed by atoms with Crippen molar-refractivity contribution in [2.24, 2.45) is 0 Å². The predicted molar refractivity (Wildman–Crippen MR) is 67.1 cm³/mol. The predicted octanol–water partition coefficient (Wildman–Crippen LogP) is 2.59. The van der Waals surface area contributed by atoms with Gasteiger partial charge in [0.15, 0.2) is 0 Å². The summed E-state index contributed by atoms with van der Waals surface area (Å²) in [6.45, 7) is 3.31. The number of hydrogen-bond donors (Lipinski definition) is 1. The summed E-state index contributed by atoms with van der Waals surface area (Å²) >= 11 is 1.21. The maximum Gasteiger partial charge on any atom is 0.319 e. The number of benzene rings is 1. The summed E-state index contributed by atoms with van der Waals surface area (Å²) in [5, 5.41) is 19.6. The third-order valence-corrected chi connectivity index (χ3v) is 3.58. The van der Waals surface area contributed by atoms with Crippen LogP contribution >= 0.6 is 11.8 Å². The Labute approximate surface area is 103 Å². The van der Waals surface area contributed by atoms with Crippen LogP contribution in [0.5, 0.6) is 0 Å². The Morgan fingerprint density at radius 3 is 2.76 bits per heavy atom. The zero-order valence-corrected chi connectivity index (χ0v) is 10.4. The quantitative estimate of drug-likeness (QED) is 0.846. The molecule has 1 aromatic carbocycles. The van der Waals surface area contributed by atoms with Crippen LogP contribution in [0.1, 0.15) is 13.8 Å². The Bertz CT molecular complexity index is 564. The van der Waals surface area contributed by atoms with Crippen molar-refractivity contribution < 1.29 is 9.90 Å². The zero-order chi connectivity index (χ0) is 12.5. The Balaban J connectivity index is 2.46. The van der Waals surface area contributed by atoms with Gasteiger partial charge in [-0.25, -0.2) is 0 Å². The molecule has 0 saturated carbocycles. The molecule has 0 unspecified atom stereocenters. The van der Waals surface area contributed by atoms with E-state index in [0.717, 1.165) is 10.8 Å². The molecular formula is C12H12N2O2S. The van der Waals surface area contributed by atoms with Gasteiger partial charge in [0.05, 0.1) is 6.20 Å². The first-order valence-electron chi connectivity index (χ1n) is 5.13. The van der Waals surface area contributed by atoms with Crippen molar-refractivity contribution >= 4 is 28.5 Å². The number of carboxylic acids is 1. The molecule has 0 atom stereocenters. The van der Waals surface area contributed by atoms with E-state index in [4.69, 9.17) is 5.11 Å². The normalized spacial score (nSPS) is 11.6. The number of hydrogen-bond acceptors (Lipinski definition) is 4. The number of carboxylic acid groups (broad SMARTS) is 1. The minimum Gasteiger partial charge on any atom is -0.480 e. The number of rotatable bonds is 3. The maximum absolute atomic E-state index is 11.1. The van der Waals surface area contributed by atoms with E-state index in [-0.39, 0.29) is 0 Å². The fourth-order valence-corrected chi connectivity index (χ4v) is 2.32. The van der Waals surface area contributed by atoms with Crippen LogP contribution < -0.4 is 0 Å². The molecule has 0 bridgehead atoms. The molecule has 2 aromatic rings. The SMILES string of the molecule is CC(C)(Sc1nncc2ccccc12)C(=O)O. The van der Waals surface area contributed by atoms with Crippen LogP contribution in [0.4, 0.5) is 0 Å². The van der Waals surface area contributed by atoms with Gasteiger partial charge in [-0.3, -0.25) is 4.79 Å². The topological polar surface area (TPSA) is 63.1 Å². The van der Waals surface area contributed by atoms with Crippen molar-refractivity contribution in [3.05, 3.63) is 30.5 Å². The Kier molecular flexibility index (Phi) is 3.02. The molecular weight excluding hydrogens is 236 g/mol. The fourth-order valence-electron chi connectivity index (χ4n) is 1.36. The molecule has 4 nitrogen and oxygen atoms in total. The number of aromatic nitrogens is 2. The van der Waals surface area contributed by atoms with Crippen molar-refractivity contribution in [3.63, 3.8) is 0 Å². The summed E-state index contributed by atoms with van der Waals surface area (Å²) in [4.78, 5) is 11.1. The van der Waals surface area contributed by atoms with E-state index in [9.17, 15) is 4.79 Å². The van der Waals surface area contributed by atoms with Gasteiger partial charge in [0, 0.05) is 10.8 Å². The Hall–Kier alpha value is -1.62. The molecule has 1 N–H and O–H groups in total. The number of thioether (sulfide) groups is 1. The Morgan fingerprint density at radius 2 is 2.06 bits per heavy atom. The van der Waals surface area contributed by atoms with Gasteiger partial charge in [0.1, 0.15) is 9.77 Å². The number of nitrogens with zero attached hydrogens (tertiary/aromatic N) is 2. The summed E-state index contributed by atoms with van der Waals surface area (Å²) in [7, 11) is 0. The molecule has 1 heterocycles. The first kappa shape index (κ1) is 11.9. The zero-order valence-electron chi connectivity index (χ0n) is 9.54. The van der Waals surface area contributed by atoms with Gasteiger partial charge in [-0.2, -0.15) is 5.10 Å². The van der Waals surface area contributed by atoms with Crippen molar-refractivity contribution in [2.75, 3.05) is 0 Å². The highest BCUT2D eigenvalue weighted by molar-refractivity contribution is 8.01. The second kappa shape index (κ2) is 4.33. The first-order valence-corrected chi connectivity index (χ1v) is 5.95. The van der Waals surface area contributed by atoms with Gasteiger partial charge in [-0.1, -0.05) is 36.0 Å². The van der Waals surface area contributed by atoms with Gasteiger partial charge >= 0.3 is 5.97 Å². The van der Waals surface area contributed by atoms with Gasteiger partial charge in [-0.05, 0) is 13.8 Å². The summed E-state index contributed by atoms with van der Waals surface area (Å²) in [6, 6.07) is 7.68. The lowest BCUT2D eigenvalue weighted by Crippen LogP contribution is -2.27. The van der Waals surface area contributed by atoms with Gasteiger partial charge in [0.25, 0.3) is 0 Å². The van der Waals surface area contributed by atoms with Crippen LogP contribution in [-0.2, 0) is 4.79 Å². The van der Waals surface area contributed by atoms with Crippen molar-refractivity contribution in [1.82, 2.24) is 10.2 Å². The molecule has 0 saturated heterocycles. The summed E-state index contributed by atoms with van der Waals surface area (Å²) in [5.41, 5.74) is 0. The smallest absolute Gasteiger partial charge is 0.319 e. The van der Waals surface area contributed by atoms with Crippen LogP contribution in [0.2, 0.25) is 0 Å². The first-order chi connectivity index (χ1) is 8.00. The second-order valence-corrected chi connectivity index (χ2v) is 5.77. The van der Waals surface area contributed by atoms with Gasteiger partial charge in [0.2, 0.25) is 0 Å². The average Bonchev–Trinajstić information content (AvgIpc) is 2.29. The lowest BCUT2D eigenvalue weighted by molar-refractivity contribution is -0.138. The standard InChI is InChI=1S/C12H12N2O2S/c1-12(2,11(15)16)17-10-9-6-4-3-5-8(9)7-13-14-10/h3-7H,1-2H3,(H,15,16). The molecule has 0 aliphatic carbocycles. The summed E-state index contributed by atoms with van der Waals surface area (Å²) < 4.78 is -0.918. The van der Waals surface area contributed by atoms with Crippen LogP contribution in [-0.4, -0.2) is 26.0 Å². The van der Waals surface area contributed by atoms with E-state index >= 15 is 0 Å². The van der Waals surface area contributed by atoms with E-state index in [1.54, 1.807) is 20.0 Å². The highest BCUT2D eigenvalue weighted by atomic mass is 32.2. The number of fused-ring (bicyclic) bond motifs is 1. The lowest BCUT2D eigenvalue weighted by atomic mass is 10.2. The molecule has 0 fully saturated rings. The molecule has 5 heteroatoms. The number of carbonyl (C=O) groups is 1. The lowest BCUT2D eigenvalue weighted by Gasteiger charge is -2.17. The minimum atomic E-state index is -0.918. The van der Waals surface area contributed by atoms with Crippen LogP contribution in [0.25, 0.3) is 10.8 Å². The van der Waals surface area contributed by atoms with E-state index in [1.165, 1.54) is 11.8 Å². The third-order valence-electron chi connectivity index (χ3n) is 2.40. The molecule has 0 aliphatic heterocycles. The third kappa shape index (κ3) is 2.39. The molecule has 0 aliphatic rings. The van der Waals surface area contributed by atoms with E-state index in [0.29, 0.717) is 5.03 Å². The highest BCUT2D eigenvalue weighted by Crippen LogP contribution is 2.34. The van der Waals surface area contributed by atoms with Crippen LogP contribution in [0, 0.1) is 0 Å². The molecule has 1 aromatic heterocycles. The largest absolute Gasteiger partial charge is 0.480 e. The van der Waals surface area contributed by atoms with Gasteiger partial charge < -0.3 is 5.11 Å². The molecule has 0 radical (unpaired) electrons. The monoisotopic (exact) mass is 248 g/mol. The second-order valence-electron chi connectivity index (χ2n) is 4.15. The average molecular weight is 248 g/mol. The van der Waals surface area contributed by atoms with Gasteiger partial charge in [-0.15, -0.1) is 5.10 Å². The summed E-state index contributed by atoms with van der Waals surface area (Å²) in [5.74, 6) is -0.864. The fraction of sp³-hybridized carbons (Fsp3) is 0.250. The Morgan fingerprint density at radius 1 is 1.35 bits per heavy atom. The van der Waals surface area contributed by atoms with E-state index in [1.807, 2.05) is 24.3 Å². The molecule has 0 amide bonds. The number of aliphatic carboxylic acids is 1. The minimum absolute atomic E-state index is 0.649. The maximum atomic E-state index is 11.1. The molecule has 0 spiro atoms. The highest BCUT2D eigenvalue weighted by Gasteiger charge is 2.29. The van der Waals surface area contributed by atoms with E-state index < -0.39 is 10.7 Å².